The maximum absolute atomic E-state index is 12.4. The highest BCUT2D eigenvalue weighted by Gasteiger charge is 2.38. The molecule has 0 fully saturated rings. The summed E-state index contributed by atoms with van der Waals surface area (Å²) < 4.78 is 0. The van der Waals surface area contributed by atoms with Crippen LogP contribution in [-0.4, -0.2) is 22.8 Å². The Morgan fingerprint density at radius 1 is 0.862 bits per heavy atom. The number of hydroxylamine groups is 2. The molecule has 0 radical (unpaired) electrons. The number of hydrogen-bond acceptors (Lipinski definition) is 6. The molecule has 0 spiro atoms. The Labute approximate surface area is 170 Å². The molecule has 0 aromatic heterocycles. The van der Waals surface area contributed by atoms with Gasteiger partial charge in [-0.15, -0.1) is 0 Å². The Hall–Kier alpha value is -3.89. The number of hydrogen-bond donors (Lipinski definition) is 0. The molecule has 3 aromatic carbocycles. The van der Waals surface area contributed by atoms with Crippen LogP contribution in [0.15, 0.2) is 82.6 Å². The highest BCUT2D eigenvalue weighted by Crippen LogP contribution is 2.30. The van der Waals surface area contributed by atoms with E-state index in [-0.39, 0.29) is 16.7 Å². The van der Waals surface area contributed by atoms with Gasteiger partial charge in [0.1, 0.15) is 6.07 Å². The molecule has 0 aliphatic carbocycles. The first kappa shape index (κ1) is 18.5. The number of benzene rings is 3. The zero-order valence-electron chi connectivity index (χ0n) is 14.9. The first-order valence-electron chi connectivity index (χ1n) is 8.55. The lowest BCUT2D eigenvalue weighted by molar-refractivity contribution is -0.0584. The monoisotopic (exact) mass is 400 g/mol. The van der Waals surface area contributed by atoms with Crippen LogP contribution in [0.3, 0.4) is 0 Å². The first-order chi connectivity index (χ1) is 14.1. The van der Waals surface area contributed by atoms with Gasteiger partial charge in [0.05, 0.1) is 22.3 Å². The van der Waals surface area contributed by atoms with Crippen LogP contribution in [0.2, 0.25) is 0 Å². The second-order valence-corrected chi connectivity index (χ2v) is 7.18. The van der Waals surface area contributed by atoms with Gasteiger partial charge < -0.3 is 4.84 Å². The van der Waals surface area contributed by atoms with E-state index in [9.17, 15) is 19.6 Å². The van der Waals surface area contributed by atoms with Crippen molar-refractivity contribution in [3.8, 4) is 6.07 Å². The van der Waals surface area contributed by atoms with Gasteiger partial charge >= 0.3 is 5.97 Å². The molecule has 29 heavy (non-hydrogen) atoms. The zero-order valence-corrected chi connectivity index (χ0v) is 15.7. The molecule has 6 nitrogen and oxygen atoms in total. The maximum atomic E-state index is 12.4. The van der Waals surface area contributed by atoms with Gasteiger partial charge in [0.2, 0.25) is 0 Å². The second kappa shape index (κ2) is 7.62. The van der Waals surface area contributed by atoms with Gasteiger partial charge in [-0.2, -0.15) is 5.26 Å². The lowest BCUT2D eigenvalue weighted by Crippen LogP contribution is -2.32. The molecule has 0 unspecified atom stereocenters. The van der Waals surface area contributed by atoms with Crippen LogP contribution in [-0.2, 0) is 4.84 Å². The van der Waals surface area contributed by atoms with Gasteiger partial charge in [-0.3, -0.25) is 9.59 Å². The Morgan fingerprint density at radius 3 is 2.07 bits per heavy atom. The fourth-order valence-electron chi connectivity index (χ4n) is 2.82. The summed E-state index contributed by atoms with van der Waals surface area (Å²) >= 11 is 1.39. The molecule has 4 rings (SSSR count). The van der Waals surface area contributed by atoms with Crippen molar-refractivity contribution in [2.75, 3.05) is 0 Å². The highest BCUT2D eigenvalue weighted by atomic mass is 32.2. The first-order valence-corrected chi connectivity index (χ1v) is 9.37. The van der Waals surface area contributed by atoms with Crippen molar-refractivity contribution in [3.05, 3.63) is 95.1 Å². The van der Waals surface area contributed by atoms with Crippen molar-refractivity contribution in [2.24, 2.45) is 0 Å². The van der Waals surface area contributed by atoms with Crippen molar-refractivity contribution in [2.45, 2.75) is 9.79 Å². The van der Waals surface area contributed by atoms with Gasteiger partial charge in [-0.05, 0) is 48.5 Å². The average Bonchev–Trinajstić information content (AvgIpc) is 3.00. The van der Waals surface area contributed by atoms with Gasteiger partial charge in [0, 0.05) is 9.79 Å². The van der Waals surface area contributed by atoms with Gasteiger partial charge in [0.15, 0.2) is 0 Å². The molecule has 1 heterocycles. The topological polar surface area (TPSA) is 87.5 Å². The lowest BCUT2D eigenvalue weighted by atomic mass is 10.1. The molecule has 2 amide bonds. The number of rotatable bonds is 4. The largest absolute Gasteiger partial charge is 0.363 e. The fraction of sp³-hybridized carbons (Fsp3) is 0. The van der Waals surface area contributed by atoms with Crippen molar-refractivity contribution in [1.82, 2.24) is 5.06 Å². The summed E-state index contributed by atoms with van der Waals surface area (Å²) in [6.07, 6.45) is 0. The summed E-state index contributed by atoms with van der Waals surface area (Å²) in [7, 11) is 0. The third-order valence-electron chi connectivity index (χ3n) is 4.26. The maximum Gasteiger partial charge on any atom is 0.363 e. The zero-order chi connectivity index (χ0) is 20.4. The van der Waals surface area contributed by atoms with Gasteiger partial charge in [0.25, 0.3) is 11.8 Å². The van der Waals surface area contributed by atoms with Crippen LogP contribution in [0.25, 0.3) is 0 Å². The van der Waals surface area contributed by atoms with E-state index >= 15 is 0 Å². The molecule has 3 aromatic rings. The number of amides is 2. The molecular formula is C22H12N2O4S. The summed E-state index contributed by atoms with van der Waals surface area (Å²) in [6, 6.07) is 22.1. The van der Waals surface area contributed by atoms with Crippen molar-refractivity contribution >= 4 is 29.5 Å². The molecule has 1 aliphatic heterocycles. The molecule has 7 heteroatoms. The number of nitrogens with zero attached hydrogens (tertiary/aromatic N) is 2. The van der Waals surface area contributed by atoms with E-state index < -0.39 is 17.8 Å². The van der Waals surface area contributed by atoms with Crippen LogP contribution < -0.4 is 0 Å². The Bertz CT molecular complexity index is 1150. The van der Waals surface area contributed by atoms with Crippen LogP contribution >= 0.6 is 11.8 Å². The standard InChI is InChI=1S/C22H12N2O4S/c23-13-15-5-1-4-8-19(15)29-16-11-9-14(10-12-16)22(27)28-24-20(25)17-6-2-3-7-18(17)21(24)26/h1-12H. The number of carbonyl (C=O) groups is 3. The number of nitriles is 1. The summed E-state index contributed by atoms with van der Waals surface area (Å²) in [6.45, 7) is 0. The Morgan fingerprint density at radius 2 is 1.45 bits per heavy atom. The molecule has 1 aliphatic rings. The smallest absolute Gasteiger partial charge is 0.324 e. The molecule has 0 atom stereocenters. The lowest BCUT2D eigenvalue weighted by Gasteiger charge is -2.12. The minimum Gasteiger partial charge on any atom is -0.324 e. The van der Waals surface area contributed by atoms with Crippen molar-refractivity contribution < 1.29 is 19.2 Å². The minimum atomic E-state index is -0.812. The van der Waals surface area contributed by atoms with E-state index in [1.54, 1.807) is 36.4 Å². The van der Waals surface area contributed by atoms with E-state index in [1.165, 1.54) is 36.0 Å². The number of fused-ring (bicyclic) bond motifs is 1. The molecule has 0 bridgehead atoms. The summed E-state index contributed by atoms with van der Waals surface area (Å²) in [5.41, 5.74) is 1.16. The predicted octanol–water partition coefficient (Wildman–Crippen LogP) is 4.08. The van der Waals surface area contributed by atoms with Gasteiger partial charge in [-0.25, -0.2) is 4.79 Å². The molecule has 0 saturated heterocycles. The van der Waals surface area contributed by atoms with E-state index in [4.69, 9.17) is 4.84 Å². The normalized spacial score (nSPS) is 12.4. The van der Waals surface area contributed by atoms with Crippen molar-refractivity contribution in [1.29, 1.82) is 5.26 Å². The quantitative estimate of drug-likeness (QED) is 0.614. The minimum absolute atomic E-state index is 0.194. The fourth-order valence-corrected chi connectivity index (χ4v) is 3.72. The molecule has 0 N–H and O–H groups in total. The van der Waals surface area contributed by atoms with E-state index in [2.05, 4.69) is 6.07 Å². The SMILES string of the molecule is N#Cc1ccccc1Sc1ccc(C(=O)ON2C(=O)c3ccccc3C2=O)cc1. The van der Waals surface area contributed by atoms with Crippen LogP contribution in [0.1, 0.15) is 36.6 Å². The van der Waals surface area contributed by atoms with Gasteiger partial charge in [-0.1, -0.05) is 41.1 Å². The molecule has 140 valence electrons. The highest BCUT2D eigenvalue weighted by molar-refractivity contribution is 7.99. The second-order valence-electron chi connectivity index (χ2n) is 6.06. The average molecular weight is 400 g/mol. The van der Waals surface area contributed by atoms with Crippen LogP contribution in [0.5, 0.6) is 0 Å². The van der Waals surface area contributed by atoms with Crippen LogP contribution in [0.4, 0.5) is 0 Å². The Balaban J connectivity index is 1.47. The molecule has 0 saturated carbocycles. The van der Waals surface area contributed by atoms with Crippen LogP contribution in [0, 0.1) is 11.3 Å². The summed E-state index contributed by atoms with van der Waals surface area (Å²) in [4.78, 5) is 43.6. The number of imide groups is 1. The third kappa shape index (κ3) is 3.49. The number of carbonyl (C=O) groups excluding carboxylic acids is 3. The Kier molecular flexibility index (Phi) is 4.85. The van der Waals surface area contributed by atoms with E-state index in [0.29, 0.717) is 10.6 Å². The summed E-state index contributed by atoms with van der Waals surface area (Å²) in [5, 5.41) is 9.66. The summed E-state index contributed by atoms with van der Waals surface area (Å²) in [5.74, 6) is -2.15. The molecular weight excluding hydrogens is 388 g/mol. The van der Waals surface area contributed by atoms with E-state index in [0.717, 1.165) is 9.79 Å². The van der Waals surface area contributed by atoms with E-state index in [1.807, 2.05) is 12.1 Å². The third-order valence-corrected chi connectivity index (χ3v) is 5.34. The van der Waals surface area contributed by atoms with Crippen molar-refractivity contribution in [3.63, 3.8) is 0 Å². The predicted molar refractivity (Wildman–Crippen MR) is 104 cm³/mol.